The van der Waals surface area contributed by atoms with Gasteiger partial charge in [-0.1, -0.05) is 6.92 Å². The summed E-state index contributed by atoms with van der Waals surface area (Å²) in [6, 6.07) is 11.0. The van der Waals surface area contributed by atoms with Crippen LogP contribution in [0.1, 0.15) is 25.3 Å². The maximum atomic E-state index is 12.4. The number of nitrogens with zero attached hydrogens (tertiary/aromatic N) is 3. The predicted molar refractivity (Wildman–Crippen MR) is 71.0 cm³/mol. The van der Waals surface area contributed by atoms with E-state index in [0.29, 0.717) is 30.0 Å². The van der Waals surface area contributed by atoms with Crippen LogP contribution < -0.4 is 4.90 Å². The minimum absolute atomic E-state index is 0.155. The minimum atomic E-state index is -0.859. The molecular formula is C15H15N3O. The standard InChI is InChI=1S/C15H15N3O/c1-11-7-15(8-11,10-17)14(19)18(2)13-5-3-12(9-16)4-6-13/h3-6,11H,7-8H2,1-2H3. The maximum Gasteiger partial charge on any atom is 0.247 e. The lowest BCUT2D eigenvalue weighted by atomic mass is 9.63. The summed E-state index contributed by atoms with van der Waals surface area (Å²) in [5.74, 6) is 0.274. The molecule has 1 aliphatic carbocycles. The Morgan fingerprint density at radius 3 is 2.32 bits per heavy atom. The minimum Gasteiger partial charge on any atom is -0.314 e. The van der Waals surface area contributed by atoms with Gasteiger partial charge in [-0.05, 0) is 43.0 Å². The molecule has 1 aromatic rings. The van der Waals surface area contributed by atoms with Crippen LogP contribution in [0.5, 0.6) is 0 Å². The highest BCUT2D eigenvalue weighted by molar-refractivity contribution is 5.99. The summed E-state index contributed by atoms with van der Waals surface area (Å²) >= 11 is 0. The van der Waals surface area contributed by atoms with Gasteiger partial charge in [0, 0.05) is 12.7 Å². The predicted octanol–water partition coefficient (Wildman–Crippen LogP) is 2.46. The molecule has 4 heteroatoms. The summed E-state index contributed by atoms with van der Waals surface area (Å²) in [5.41, 5.74) is 0.400. The Bertz CT molecular complexity index is 571. The molecule has 0 N–H and O–H groups in total. The van der Waals surface area contributed by atoms with Crippen molar-refractivity contribution in [3.05, 3.63) is 29.8 Å². The van der Waals surface area contributed by atoms with Crippen LogP contribution in [0.4, 0.5) is 5.69 Å². The fourth-order valence-electron chi connectivity index (χ4n) is 2.64. The molecule has 0 bridgehead atoms. The zero-order chi connectivity index (χ0) is 14.0. The van der Waals surface area contributed by atoms with E-state index in [0.717, 1.165) is 0 Å². The van der Waals surface area contributed by atoms with E-state index in [-0.39, 0.29) is 5.91 Å². The molecule has 19 heavy (non-hydrogen) atoms. The summed E-state index contributed by atoms with van der Waals surface area (Å²) < 4.78 is 0. The van der Waals surface area contributed by atoms with Crippen LogP contribution in [-0.4, -0.2) is 13.0 Å². The highest BCUT2D eigenvalue weighted by Gasteiger charge is 2.50. The van der Waals surface area contributed by atoms with Crippen molar-refractivity contribution < 1.29 is 4.79 Å². The van der Waals surface area contributed by atoms with Crippen molar-refractivity contribution in [2.45, 2.75) is 19.8 Å². The van der Waals surface area contributed by atoms with E-state index < -0.39 is 5.41 Å². The first-order chi connectivity index (χ1) is 9.02. The molecule has 0 saturated heterocycles. The van der Waals surface area contributed by atoms with Crippen molar-refractivity contribution in [3.63, 3.8) is 0 Å². The Morgan fingerprint density at radius 2 is 1.89 bits per heavy atom. The molecule has 0 aliphatic heterocycles. The van der Waals surface area contributed by atoms with Gasteiger partial charge in [0.1, 0.15) is 5.41 Å². The van der Waals surface area contributed by atoms with Crippen molar-refractivity contribution in [1.82, 2.24) is 0 Å². The maximum absolute atomic E-state index is 12.4. The third-order valence-corrected chi connectivity index (χ3v) is 3.71. The molecule has 4 nitrogen and oxygen atoms in total. The first-order valence-electron chi connectivity index (χ1n) is 6.22. The van der Waals surface area contributed by atoms with Crippen molar-refractivity contribution >= 4 is 11.6 Å². The Balaban J connectivity index is 2.20. The Labute approximate surface area is 112 Å². The molecule has 1 saturated carbocycles. The molecule has 0 aromatic heterocycles. The average Bonchev–Trinajstić information content (AvgIpc) is 2.42. The van der Waals surface area contributed by atoms with Gasteiger partial charge in [-0.2, -0.15) is 10.5 Å². The van der Waals surface area contributed by atoms with Gasteiger partial charge >= 0.3 is 0 Å². The largest absolute Gasteiger partial charge is 0.314 e. The molecule has 0 unspecified atom stereocenters. The monoisotopic (exact) mass is 253 g/mol. The third kappa shape index (κ3) is 2.18. The summed E-state index contributed by atoms with van der Waals surface area (Å²) in [4.78, 5) is 13.9. The number of rotatable bonds is 2. The molecule has 0 radical (unpaired) electrons. The van der Waals surface area contributed by atoms with Gasteiger partial charge in [0.25, 0.3) is 0 Å². The Hall–Kier alpha value is -2.33. The fourth-order valence-corrected chi connectivity index (χ4v) is 2.64. The Kier molecular flexibility index (Phi) is 3.27. The SMILES string of the molecule is CC1CC(C#N)(C(=O)N(C)c2ccc(C#N)cc2)C1. The number of nitriles is 2. The zero-order valence-corrected chi connectivity index (χ0v) is 11.1. The van der Waals surface area contributed by atoms with E-state index in [9.17, 15) is 10.1 Å². The summed E-state index contributed by atoms with van der Waals surface area (Å²) in [7, 11) is 1.67. The van der Waals surface area contributed by atoms with Crippen LogP contribution in [0.3, 0.4) is 0 Å². The van der Waals surface area contributed by atoms with E-state index >= 15 is 0 Å². The topological polar surface area (TPSA) is 67.9 Å². The molecule has 1 amide bonds. The van der Waals surface area contributed by atoms with E-state index in [1.807, 2.05) is 13.0 Å². The average molecular weight is 253 g/mol. The molecule has 2 rings (SSSR count). The Morgan fingerprint density at radius 1 is 1.32 bits per heavy atom. The number of hydrogen-bond donors (Lipinski definition) is 0. The van der Waals surface area contributed by atoms with Gasteiger partial charge in [0.2, 0.25) is 5.91 Å². The van der Waals surface area contributed by atoms with E-state index in [1.54, 1.807) is 31.3 Å². The smallest absolute Gasteiger partial charge is 0.247 e. The fraction of sp³-hybridized carbons (Fsp3) is 0.400. The van der Waals surface area contributed by atoms with Gasteiger partial charge in [-0.3, -0.25) is 4.79 Å². The number of anilines is 1. The van der Waals surface area contributed by atoms with Crippen LogP contribution in [0, 0.1) is 34.0 Å². The lowest BCUT2D eigenvalue weighted by molar-refractivity contribution is -0.130. The van der Waals surface area contributed by atoms with E-state index in [2.05, 4.69) is 6.07 Å². The van der Waals surface area contributed by atoms with Crippen LogP contribution in [-0.2, 0) is 4.79 Å². The van der Waals surface area contributed by atoms with Crippen molar-refractivity contribution in [2.75, 3.05) is 11.9 Å². The van der Waals surface area contributed by atoms with Crippen molar-refractivity contribution in [2.24, 2.45) is 11.3 Å². The molecule has 1 aromatic carbocycles. The lowest BCUT2D eigenvalue weighted by Gasteiger charge is -2.41. The second-order valence-corrected chi connectivity index (χ2v) is 5.23. The molecule has 1 fully saturated rings. The first-order valence-corrected chi connectivity index (χ1v) is 6.22. The van der Waals surface area contributed by atoms with Crippen LogP contribution in [0.25, 0.3) is 0 Å². The highest BCUT2D eigenvalue weighted by atomic mass is 16.2. The number of carbonyl (C=O) groups excluding carboxylic acids is 1. The van der Waals surface area contributed by atoms with Crippen LogP contribution >= 0.6 is 0 Å². The molecule has 0 spiro atoms. The summed E-state index contributed by atoms with van der Waals surface area (Å²) in [6.45, 7) is 2.05. The number of amides is 1. The molecule has 1 aliphatic rings. The second-order valence-electron chi connectivity index (χ2n) is 5.23. The van der Waals surface area contributed by atoms with Crippen molar-refractivity contribution in [1.29, 1.82) is 10.5 Å². The van der Waals surface area contributed by atoms with Crippen molar-refractivity contribution in [3.8, 4) is 12.1 Å². The molecule has 0 heterocycles. The summed E-state index contributed by atoms with van der Waals surface area (Å²) in [5, 5.41) is 18.0. The number of carbonyl (C=O) groups is 1. The highest BCUT2D eigenvalue weighted by Crippen LogP contribution is 2.46. The third-order valence-electron chi connectivity index (χ3n) is 3.71. The van der Waals surface area contributed by atoms with E-state index in [4.69, 9.17) is 5.26 Å². The molecule has 96 valence electrons. The summed E-state index contributed by atoms with van der Waals surface area (Å²) in [6.07, 6.45) is 1.26. The number of benzene rings is 1. The van der Waals surface area contributed by atoms with Gasteiger partial charge < -0.3 is 4.90 Å². The first kappa shape index (κ1) is 13.1. The van der Waals surface area contributed by atoms with Crippen LogP contribution in [0.2, 0.25) is 0 Å². The van der Waals surface area contributed by atoms with Crippen LogP contribution in [0.15, 0.2) is 24.3 Å². The van der Waals surface area contributed by atoms with Gasteiger partial charge in [0.15, 0.2) is 0 Å². The quantitative estimate of drug-likeness (QED) is 0.813. The van der Waals surface area contributed by atoms with E-state index in [1.165, 1.54) is 4.90 Å². The number of hydrogen-bond acceptors (Lipinski definition) is 3. The van der Waals surface area contributed by atoms with Gasteiger partial charge in [-0.15, -0.1) is 0 Å². The second kappa shape index (κ2) is 4.74. The zero-order valence-electron chi connectivity index (χ0n) is 11.1. The molecule has 0 atom stereocenters. The van der Waals surface area contributed by atoms with Gasteiger partial charge in [-0.25, -0.2) is 0 Å². The molecular weight excluding hydrogens is 238 g/mol. The normalized spacial score (nSPS) is 24.7. The van der Waals surface area contributed by atoms with Gasteiger partial charge in [0.05, 0.1) is 17.7 Å². The lowest BCUT2D eigenvalue weighted by Crippen LogP contribution is -2.48.